The number of hydrogen-bond acceptors (Lipinski definition) is 3. The Kier molecular flexibility index (Phi) is 7.80. The van der Waals surface area contributed by atoms with Gasteiger partial charge in [-0.3, -0.25) is 9.80 Å². The fourth-order valence-electron chi connectivity index (χ4n) is 5.97. The monoisotopic (exact) mass is 518 g/mol. The van der Waals surface area contributed by atoms with Crippen molar-refractivity contribution >= 4 is 11.8 Å². The first-order valence-corrected chi connectivity index (χ1v) is 13.8. The van der Waals surface area contributed by atoms with E-state index < -0.39 is 11.4 Å². The predicted octanol–water partition coefficient (Wildman–Crippen LogP) is 7.53. The summed E-state index contributed by atoms with van der Waals surface area (Å²) in [5, 5.41) is 0. The largest absolute Gasteiger partial charge is 0.441 e. The van der Waals surface area contributed by atoms with E-state index in [1.54, 1.807) is 4.90 Å². The average molecular weight is 519 g/mol. The summed E-state index contributed by atoms with van der Waals surface area (Å²) >= 11 is 0. The zero-order valence-electron chi connectivity index (χ0n) is 22.3. The van der Waals surface area contributed by atoms with E-state index >= 15 is 0 Å². The summed E-state index contributed by atoms with van der Waals surface area (Å²) in [6, 6.07) is 17.8. The van der Waals surface area contributed by atoms with E-state index in [9.17, 15) is 13.6 Å². The standard InChI is InChI=1S/C32H36F2N2O2/c1-3-8-24-18-23(19-25(9-4-2)30(24)28-20-26(33)12-13-29(28)34)21-35-16-14-32(15-17-35)22-36(31(37)38-32)27-10-6-5-7-11-27/h5-7,10-13,18-20H,3-4,8-9,14-17,21-22H2,1-2H3. The molecule has 5 rings (SSSR count). The van der Waals surface area contributed by atoms with Crippen LogP contribution in [0, 0.1) is 11.6 Å². The van der Waals surface area contributed by atoms with Gasteiger partial charge in [-0.1, -0.05) is 57.0 Å². The molecule has 0 atom stereocenters. The number of benzene rings is 3. The molecule has 2 aliphatic rings. The molecule has 0 aromatic heterocycles. The minimum atomic E-state index is -0.442. The van der Waals surface area contributed by atoms with Crippen molar-refractivity contribution in [2.24, 2.45) is 0 Å². The van der Waals surface area contributed by atoms with Crippen LogP contribution in [0.1, 0.15) is 56.2 Å². The highest BCUT2D eigenvalue weighted by Gasteiger charge is 2.47. The van der Waals surface area contributed by atoms with Gasteiger partial charge in [0.25, 0.3) is 0 Å². The fourth-order valence-corrected chi connectivity index (χ4v) is 5.97. The van der Waals surface area contributed by atoms with E-state index in [2.05, 4.69) is 30.9 Å². The lowest BCUT2D eigenvalue weighted by Gasteiger charge is -2.37. The Morgan fingerprint density at radius 3 is 2.18 bits per heavy atom. The van der Waals surface area contributed by atoms with Crippen LogP contribution < -0.4 is 4.90 Å². The number of nitrogens with zero attached hydrogens (tertiary/aromatic N) is 2. The first-order chi connectivity index (χ1) is 18.4. The quantitative estimate of drug-likeness (QED) is 0.309. The van der Waals surface area contributed by atoms with Crippen LogP contribution in [0.2, 0.25) is 0 Å². The van der Waals surface area contributed by atoms with Crippen molar-refractivity contribution in [2.75, 3.05) is 24.5 Å². The van der Waals surface area contributed by atoms with Gasteiger partial charge in [0.1, 0.15) is 17.2 Å². The number of halogens is 2. The number of carbonyl (C=O) groups excluding carboxylic acids is 1. The molecule has 0 saturated carbocycles. The highest BCUT2D eigenvalue weighted by molar-refractivity contribution is 5.90. The number of ether oxygens (including phenoxy) is 1. The lowest BCUT2D eigenvalue weighted by molar-refractivity contribution is -0.000981. The number of likely N-dealkylation sites (tertiary alicyclic amines) is 1. The van der Waals surface area contributed by atoms with Gasteiger partial charge in [-0.15, -0.1) is 0 Å². The Labute approximate surface area is 224 Å². The maximum Gasteiger partial charge on any atom is 0.415 e. The van der Waals surface area contributed by atoms with Crippen LogP contribution in [-0.2, 0) is 24.1 Å². The smallest absolute Gasteiger partial charge is 0.415 e. The summed E-state index contributed by atoms with van der Waals surface area (Å²) in [4.78, 5) is 16.8. The zero-order chi connectivity index (χ0) is 26.7. The number of rotatable bonds is 8. The van der Waals surface area contributed by atoms with Crippen LogP contribution in [0.4, 0.5) is 19.3 Å². The Hall–Kier alpha value is -3.25. The average Bonchev–Trinajstić information content (AvgIpc) is 3.23. The first-order valence-electron chi connectivity index (χ1n) is 13.8. The van der Waals surface area contributed by atoms with E-state index in [1.165, 1.54) is 23.8 Å². The van der Waals surface area contributed by atoms with Crippen LogP contribution in [0.3, 0.4) is 0 Å². The lowest BCUT2D eigenvalue weighted by atomic mass is 9.87. The van der Waals surface area contributed by atoms with E-state index in [0.717, 1.165) is 80.5 Å². The van der Waals surface area contributed by atoms with Gasteiger partial charge in [0.05, 0.1) is 6.54 Å². The van der Waals surface area contributed by atoms with E-state index in [4.69, 9.17) is 4.74 Å². The molecule has 38 heavy (non-hydrogen) atoms. The third kappa shape index (κ3) is 5.46. The second kappa shape index (κ2) is 11.2. The van der Waals surface area contributed by atoms with E-state index in [-0.39, 0.29) is 11.9 Å². The van der Waals surface area contributed by atoms with Crippen molar-refractivity contribution in [3.63, 3.8) is 0 Å². The minimum Gasteiger partial charge on any atom is -0.441 e. The lowest BCUT2D eigenvalue weighted by Crippen LogP contribution is -2.46. The molecule has 1 amide bonds. The molecule has 0 radical (unpaired) electrons. The second-order valence-corrected chi connectivity index (χ2v) is 10.7. The molecule has 3 aromatic rings. The fraction of sp³-hybridized carbons (Fsp3) is 0.406. The second-order valence-electron chi connectivity index (χ2n) is 10.7. The molecule has 0 unspecified atom stereocenters. The van der Waals surface area contributed by atoms with Crippen molar-refractivity contribution in [3.8, 4) is 11.1 Å². The van der Waals surface area contributed by atoms with Crippen molar-refractivity contribution in [3.05, 3.63) is 89.0 Å². The minimum absolute atomic E-state index is 0.266. The summed E-state index contributed by atoms with van der Waals surface area (Å²) in [6.07, 6.45) is 4.78. The van der Waals surface area contributed by atoms with Crippen molar-refractivity contribution < 1.29 is 18.3 Å². The van der Waals surface area contributed by atoms with Gasteiger partial charge in [0.15, 0.2) is 0 Å². The van der Waals surface area contributed by atoms with Crippen molar-refractivity contribution in [1.82, 2.24) is 4.90 Å². The third-order valence-electron chi connectivity index (χ3n) is 7.81. The molecule has 4 nitrogen and oxygen atoms in total. The summed E-state index contributed by atoms with van der Waals surface area (Å²) < 4.78 is 34.9. The SMILES string of the molecule is CCCc1cc(CN2CCC3(CC2)CN(c2ccccc2)C(=O)O3)cc(CCC)c1-c1cc(F)ccc1F. The van der Waals surface area contributed by atoms with Gasteiger partial charge in [-0.2, -0.15) is 0 Å². The summed E-state index contributed by atoms with van der Waals surface area (Å²) in [6.45, 7) is 7.27. The number of anilines is 1. The Morgan fingerprint density at radius 1 is 0.895 bits per heavy atom. The third-order valence-corrected chi connectivity index (χ3v) is 7.81. The Bertz CT molecular complexity index is 1260. The van der Waals surface area contributed by atoms with Gasteiger partial charge in [-0.05, 0) is 65.4 Å². The Morgan fingerprint density at radius 2 is 1.55 bits per heavy atom. The van der Waals surface area contributed by atoms with Gasteiger partial charge in [0, 0.05) is 43.7 Å². The van der Waals surface area contributed by atoms with Gasteiger partial charge in [0.2, 0.25) is 0 Å². The maximum atomic E-state index is 14.9. The molecule has 0 bridgehead atoms. The van der Waals surface area contributed by atoms with Crippen LogP contribution >= 0.6 is 0 Å². The predicted molar refractivity (Wildman–Crippen MR) is 147 cm³/mol. The summed E-state index contributed by atoms with van der Waals surface area (Å²) in [7, 11) is 0. The molecule has 2 fully saturated rings. The molecular weight excluding hydrogens is 482 g/mol. The number of para-hydroxylation sites is 1. The highest BCUT2D eigenvalue weighted by atomic mass is 19.1. The Balaban J connectivity index is 1.34. The molecular formula is C32H36F2N2O2. The molecule has 3 aromatic carbocycles. The molecule has 0 aliphatic carbocycles. The van der Waals surface area contributed by atoms with Crippen molar-refractivity contribution in [2.45, 2.75) is 64.5 Å². The molecule has 0 N–H and O–H groups in total. The molecule has 2 heterocycles. The zero-order valence-corrected chi connectivity index (χ0v) is 22.3. The van der Waals surface area contributed by atoms with Crippen LogP contribution in [-0.4, -0.2) is 36.2 Å². The number of hydrogen-bond donors (Lipinski definition) is 0. The van der Waals surface area contributed by atoms with Gasteiger partial charge in [-0.25, -0.2) is 13.6 Å². The topological polar surface area (TPSA) is 32.8 Å². The molecule has 2 aliphatic heterocycles. The van der Waals surface area contributed by atoms with Gasteiger partial charge >= 0.3 is 6.09 Å². The number of amides is 1. The normalized spacial score (nSPS) is 17.3. The van der Waals surface area contributed by atoms with Crippen LogP contribution in [0.5, 0.6) is 0 Å². The summed E-state index contributed by atoms with van der Waals surface area (Å²) in [5.41, 5.74) is 4.99. The molecule has 1 spiro atoms. The maximum absolute atomic E-state index is 14.9. The van der Waals surface area contributed by atoms with Crippen LogP contribution in [0.25, 0.3) is 11.1 Å². The number of piperidine rings is 1. The number of carbonyl (C=O) groups is 1. The van der Waals surface area contributed by atoms with E-state index in [0.29, 0.717) is 12.1 Å². The van der Waals surface area contributed by atoms with Crippen LogP contribution in [0.15, 0.2) is 60.7 Å². The van der Waals surface area contributed by atoms with E-state index in [1.807, 2.05) is 30.3 Å². The summed E-state index contributed by atoms with van der Waals surface area (Å²) in [5.74, 6) is -0.804. The molecule has 2 saturated heterocycles. The first kappa shape index (κ1) is 26.4. The van der Waals surface area contributed by atoms with Gasteiger partial charge < -0.3 is 4.74 Å². The molecule has 200 valence electrons. The highest BCUT2D eigenvalue weighted by Crippen LogP contribution is 2.37. The van der Waals surface area contributed by atoms with Crippen molar-refractivity contribution in [1.29, 1.82) is 0 Å². The molecule has 6 heteroatoms. The number of aryl methyl sites for hydroxylation is 2.